The van der Waals surface area contributed by atoms with Crippen LogP contribution in [-0.2, 0) is 56.0 Å². The molecule has 7 amide bonds. The molecule has 1 aromatic carbocycles. The molecule has 16 N–H and O–H groups in total. The van der Waals surface area contributed by atoms with Gasteiger partial charge in [0.1, 0.15) is 48.0 Å². The van der Waals surface area contributed by atoms with E-state index in [1.807, 2.05) is 20.8 Å². The van der Waals surface area contributed by atoms with E-state index in [1.165, 1.54) is 53.5 Å². The highest BCUT2D eigenvalue weighted by atomic mass is 32.2. The molecule has 2 aromatic rings. The van der Waals surface area contributed by atoms with Crippen LogP contribution in [0.5, 0.6) is 5.75 Å². The Morgan fingerprint density at radius 2 is 1.44 bits per heavy atom. The minimum absolute atomic E-state index is 0.0111. The van der Waals surface area contributed by atoms with Gasteiger partial charge in [0.2, 0.25) is 41.4 Å². The molecule has 26 heteroatoms. The summed E-state index contributed by atoms with van der Waals surface area (Å²) in [5.74, 6) is -8.48. The number of carboxylic acid groups (broad SMARTS) is 2. The van der Waals surface area contributed by atoms with E-state index in [0.717, 1.165) is 0 Å². The molecule has 0 spiro atoms. The molecule has 3 rings (SSSR count). The van der Waals surface area contributed by atoms with E-state index >= 15 is 0 Å². The first-order valence-corrected chi connectivity index (χ1v) is 24.9. The molecule has 2 heterocycles. The lowest BCUT2D eigenvalue weighted by molar-refractivity contribution is -0.145. The molecule has 72 heavy (non-hydrogen) atoms. The number of rotatable bonds is 30. The van der Waals surface area contributed by atoms with Crippen molar-refractivity contribution in [3.8, 4) is 5.75 Å². The van der Waals surface area contributed by atoms with Crippen molar-refractivity contribution in [1.29, 1.82) is 0 Å². The van der Waals surface area contributed by atoms with Gasteiger partial charge in [-0.2, -0.15) is 11.8 Å². The van der Waals surface area contributed by atoms with Crippen molar-refractivity contribution in [1.82, 2.24) is 46.8 Å². The summed E-state index contributed by atoms with van der Waals surface area (Å²) in [6, 6.07) is -4.58. The summed E-state index contributed by atoms with van der Waals surface area (Å²) < 4.78 is 0. The molecule has 0 saturated carbocycles. The van der Waals surface area contributed by atoms with Crippen LogP contribution >= 0.6 is 11.8 Å². The average molecular weight is 1030 g/mol. The minimum atomic E-state index is -1.51. The number of guanidine groups is 1. The van der Waals surface area contributed by atoms with Gasteiger partial charge in [0.15, 0.2) is 5.96 Å². The third-order valence-electron chi connectivity index (χ3n) is 11.4. The molecule has 0 radical (unpaired) electrons. The summed E-state index contributed by atoms with van der Waals surface area (Å²) in [6.45, 7) is 8.92. The average Bonchev–Trinajstić information content (AvgIpc) is 4.03. The van der Waals surface area contributed by atoms with Crippen LogP contribution < -0.4 is 49.1 Å². The zero-order valence-electron chi connectivity index (χ0n) is 41.2. The first kappa shape index (κ1) is 59.3. The van der Waals surface area contributed by atoms with Crippen molar-refractivity contribution in [2.24, 2.45) is 34.0 Å². The molecule has 1 saturated heterocycles. The summed E-state index contributed by atoms with van der Waals surface area (Å²) in [4.78, 5) is 133. The summed E-state index contributed by atoms with van der Waals surface area (Å²) in [6.07, 6.45) is 2.81. The van der Waals surface area contributed by atoms with E-state index in [-0.39, 0.29) is 75.0 Å². The van der Waals surface area contributed by atoms with Gasteiger partial charge in [-0.25, -0.2) is 9.78 Å². The van der Waals surface area contributed by atoms with Crippen molar-refractivity contribution in [2.75, 3.05) is 24.6 Å². The van der Waals surface area contributed by atoms with Gasteiger partial charge in [-0.15, -0.1) is 0 Å². The number of nitrogens with zero attached hydrogens (tertiary/aromatic N) is 3. The predicted molar refractivity (Wildman–Crippen MR) is 265 cm³/mol. The number of phenols is 1. The standard InChI is InChI=1S/C46H71N13O12S/c1-6-72-22-34(41(66)55-32(19-27-21-50-23-52-27)44(69)59-16-8-10-35(59)42(67)56-33(45(70)71)17-24(2)3)57-40(65)31(18-26-11-13-28(60)14-12-26)54-43(68)37(25(4)5)58-39(64)30(9-7-15-51-46(48)49)53-38(63)29(47)20-36(61)62/h11-14,21,23-25,29-35,37,60H,6-10,15-20,22,47H2,1-5H3,(H,50,52)(H,53,63)(H,54,68)(H,55,66)(H,56,67)(H,57,65)(H,58,64)(H,61,62)(H,70,71)(H4,48,49,51)/t29-,30-,31-,32-,33-,34-,35-,37-/m0/s1. The lowest BCUT2D eigenvalue weighted by Crippen LogP contribution is -2.61. The topological polar surface area (TPSA) is 409 Å². The number of carbonyl (C=O) groups is 9. The smallest absolute Gasteiger partial charge is 0.326 e. The van der Waals surface area contributed by atoms with Gasteiger partial charge in [-0.05, 0) is 67.4 Å². The van der Waals surface area contributed by atoms with E-state index in [0.29, 0.717) is 23.4 Å². The molecular weight excluding hydrogens is 959 g/mol. The molecule has 0 unspecified atom stereocenters. The Morgan fingerprint density at radius 1 is 0.819 bits per heavy atom. The Kier molecular flexibility index (Phi) is 24.2. The normalized spacial score (nSPS) is 16.2. The molecule has 1 fully saturated rings. The quantitative estimate of drug-likeness (QED) is 0.0233. The number of hydrogen-bond donors (Lipinski definition) is 13. The minimum Gasteiger partial charge on any atom is -0.508 e. The van der Waals surface area contributed by atoms with Crippen LogP contribution in [-0.4, -0.2) is 162 Å². The number of aromatic nitrogens is 2. The zero-order valence-corrected chi connectivity index (χ0v) is 42.0. The number of carbonyl (C=O) groups excluding carboxylic acids is 7. The molecule has 25 nitrogen and oxygen atoms in total. The van der Waals surface area contributed by atoms with Crippen molar-refractivity contribution in [3.63, 3.8) is 0 Å². The molecule has 1 aliphatic rings. The highest BCUT2D eigenvalue weighted by molar-refractivity contribution is 7.99. The van der Waals surface area contributed by atoms with Crippen LogP contribution in [0, 0.1) is 11.8 Å². The maximum absolute atomic E-state index is 14.5. The zero-order chi connectivity index (χ0) is 53.7. The maximum atomic E-state index is 14.5. The molecule has 398 valence electrons. The van der Waals surface area contributed by atoms with Gasteiger partial charge in [0.05, 0.1) is 18.8 Å². The van der Waals surface area contributed by atoms with Gasteiger partial charge in [0.25, 0.3) is 0 Å². The van der Waals surface area contributed by atoms with Gasteiger partial charge >= 0.3 is 11.9 Å². The second-order valence-electron chi connectivity index (χ2n) is 18.2. The first-order valence-electron chi connectivity index (χ1n) is 23.7. The van der Waals surface area contributed by atoms with Gasteiger partial charge < -0.3 is 74.3 Å². The molecule has 8 atom stereocenters. The number of likely N-dealkylation sites (tertiary alicyclic amines) is 1. The third-order valence-corrected chi connectivity index (χ3v) is 12.4. The molecule has 1 aromatic heterocycles. The number of H-pyrrole nitrogens is 1. The number of aliphatic carboxylic acids is 2. The Balaban J connectivity index is 1.92. The lowest BCUT2D eigenvalue weighted by Gasteiger charge is -2.31. The number of carboxylic acids is 2. The van der Waals surface area contributed by atoms with Gasteiger partial charge in [-0.1, -0.05) is 46.8 Å². The molecular formula is C46H71N13O12S. The van der Waals surface area contributed by atoms with Crippen LogP contribution in [0.4, 0.5) is 0 Å². The third kappa shape index (κ3) is 19.7. The summed E-state index contributed by atoms with van der Waals surface area (Å²) in [5.41, 5.74) is 17.5. The van der Waals surface area contributed by atoms with Crippen LogP contribution in [0.25, 0.3) is 0 Å². The van der Waals surface area contributed by atoms with Crippen LogP contribution in [0.1, 0.15) is 84.4 Å². The highest BCUT2D eigenvalue weighted by Gasteiger charge is 2.40. The number of benzene rings is 1. The van der Waals surface area contributed by atoms with E-state index in [9.17, 15) is 53.4 Å². The Labute approximate surface area is 421 Å². The van der Waals surface area contributed by atoms with Gasteiger partial charge in [-0.3, -0.25) is 43.3 Å². The van der Waals surface area contributed by atoms with E-state index in [4.69, 9.17) is 22.3 Å². The monoisotopic (exact) mass is 1030 g/mol. The Bertz CT molecular complexity index is 2190. The Hall–Kier alpha value is -6.96. The fraction of sp³-hybridized carbons (Fsp3) is 0.587. The van der Waals surface area contributed by atoms with E-state index < -0.39 is 114 Å². The van der Waals surface area contributed by atoms with Gasteiger partial charge in [0, 0.05) is 43.6 Å². The van der Waals surface area contributed by atoms with Crippen LogP contribution in [0.15, 0.2) is 41.8 Å². The highest BCUT2D eigenvalue weighted by Crippen LogP contribution is 2.21. The number of hydrogen-bond acceptors (Lipinski definition) is 14. The van der Waals surface area contributed by atoms with Crippen molar-refractivity contribution in [3.05, 3.63) is 48.0 Å². The van der Waals surface area contributed by atoms with E-state index in [2.05, 4.69) is 46.9 Å². The van der Waals surface area contributed by atoms with E-state index in [1.54, 1.807) is 13.8 Å². The van der Waals surface area contributed by atoms with Crippen molar-refractivity contribution in [2.45, 2.75) is 134 Å². The summed E-state index contributed by atoms with van der Waals surface area (Å²) in [5, 5.41) is 44.7. The largest absolute Gasteiger partial charge is 0.508 e. The summed E-state index contributed by atoms with van der Waals surface area (Å²) in [7, 11) is 0. The van der Waals surface area contributed by atoms with Crippen molar-refractivity contribution >= 4 is 71.0 Å². The Morgan fingerprint density at radius 3 is 2.03 bits per heavy atom. The number of nitrogens with one attached hydrogen (secondary N) is 7. The predicted octanol–water partition coefficient (Wildman–Crippen LogP) is -1.80. The van der Waals surface area contributed by atoms with Crippen LogP contribution in [0.2, 0.25) is 0 Å². The second kappa shape index (κ2) is 29.4. The number of aromatic hydroxyl groups is 1. The van der Waals surface area contributed by atoms with Crippen molar-refractivity contribution < 1.29 is 58.5 Å². The number of aliphatic imine (C=N–C) groups is 1. The number of phenolic OH excluding ortho intramolecular Hbond substituents is 1. The summed E-state index contributed by atoms with van der Waals surface area (Å²) >= 11 is 1.30. The molecule has 0 bridgehead atoms. The SMILES string of the molecule is CCSC[C@H](NC(=O)[C@H](Cc1ccc(O)cc1)NC(=O)[C@@H](NC(=O)[C@H](CCCN=C(N)N)NC(=O)[C@@H](N)CC(=O)O)C(C)C)C(=O)N[C@@H](Cc1cnc[nH]1)C(=O)N1CCC[C@H]1C(=O)N[C@@H](CC(C)C)C(=O)O. The number of imidazole rings is 1. The lowest BCUT2D eigenvalue weighted by atomic mass is 9.99. The number of aromatic amines is 1. The fourth-order valence-corrected chi connectivity index (χ4v) is 8.41. The molecule has 0 aliphatic carbocycles. The fourth-order valence-electron chi connectivity index (χ4n) is 7.70. The number of nitrogens with two attached hydrogens (primary N) is 3. The number of thioether (sulfide) groups is 1. The van der Waals surface area contributed by atoms with Crippen LogP contribution in [0.3, 0.4) is 0 Å². The first-order chi connectivity index (χ1) is 34.0. The second-order valence-corrected chi connectivity index (χ2v) is 19.5. The molecule has 1 aliphatic heterocycles. The maximum Gasteiger partial charge on any atom is 0.326 e. The number of amides is 7.